The van der Waals surface area contributed by atoms with E-state index >= 15 is 0 Å². The number of benzene rings is 2. The molecule has 1 heterocycles. The number of aromatic nitrogens is 2. The SMILES string of the molecule is Cc1n(-c2cc(O)ccc2[O-])cc[n+]1Cc1ccccc1. The van der Waals surface area contributed by atoms with Crippen LogP contribution in [0.2, 0.25) is 0 Å². The average molecular weight is 280 g/mol. The molecule has 3 aromatic rings. The van der Waals surface area contributed by atoms with E-state index in [9.17, 15) is 10.2 Å². The van der Waals surface area contributed by atoms with Crippen molar-refractivity contribution in [3.63, 3.8) is 0 Å². The van der Waals surface area contributed by atoms with Crippen LogP contribution in [-0.2, 0) is 6.54 Å². The molecule has 106 valence electrons. The van der Waals surface area contributed by atoms with Crippen LogP contribution in [0.3, 0.4) is 0 Å². The van der Waals surface area contributed by atoms with E-state index in [1.807, 2.05) is 37.5 Å². The molecule has 2 aromatic carbocycles. The van der Waals surface area contributed by atoms with Crippen molar-refractivity contribution >= 4 is 0 Å². The summed E-state index contributed by atoms with van der Waals surface area (Å²) in [4.78, 5) is 0. The maximum Gasteiger partial charge on any atom is 0.258 e. The fraction of sp³-hybridized carbons (Fsp3) is 0.118. The fourth-order valence-corrected chi connectivity index (χ4v) is 2.40. The van der Waals surface area contributed by atoms with E-state index < -0.39 is 0 Å². The van der Waals surface area contributed by atoms with Crippen molar-refractivity contribution < 1.29 is 14.8 Å². The molecule has 0 aliphatic rings. The summed E-state index contributed by atoms with van der Waals surface area (Å²) in [6, 6.07) is 14.4. The van der Waals surface area contributed by atoms with Gasteiger partial charge >= 0.3 is 0 Å². The minimum atomic E-state index is -0.113. The molecule has 0 fully saturated rings. The molecule has 1 aromatic heterocycles. The zero-order valence-corrected chi connectivity index (χ0v) is 11.7. The zero-order valence-electron chi connectivity index (χ0n) is 11.7. The van der Waals surface area contributed by atoms with Crippen molar-refractivity contribution in [3.8, 4) is 17.2 Å². The van der Waals surface area contributed by atoms with E-state index in [2.05, 4.69) is 16.7 Å². The monoisotopic (exact) mass is 280 g/mol. The van der Waals surface area contributed by atoms with Crippen molar-refractivity contribution in [2.75, 3.05) is 0 Å². The Morgan fingerprint density at radius 1 is 1.14 bits per heavy atom. The van der Waals surface area contributed by atoms with Gasteiger partial charge in [-0.1, -0.05) is 42.1 Å². The second-order valence-corrected chi connectivity index (χ2v) is 4.98. The summed E-state index contributed by atoms with van der Waals surface area (Å²) in [7, 11) is 0. The molecule has 3 rings (SSSR count). The molecular formula is C17H16N2O2. The Kier molecular flexibility index (Phi) is 3.36. The van der Waals surface area contributed by atoms with Gasteiger partial charge in [0.2, 0.25) is 0 Å². The van der Waals surface area contributed by atoms with Gasteiger partial charge in [0.15, 0.2) is 0 Å². The Morgan fingerprint density at radius 3 is 2.67 bits per heavy atom. The van der Waals surface area contributed by atoms with Gasteiger partial charge in [0, 0.05) is 13.0 Å². The predicted molar refractivity (Wildman–Crippen MR) is 77.4 cm³/mol. The van der Waals surface area contributed by atoms with E-state index in [4.69, 9.17) is 0 Å². The van der Waals surface area contributed by atoms with E-state index in [1.54, 1.807) is 4.57 Å². The number of imidazole rings is 1. The molecule has 0 spiro atoms. The maximum absolute atomic E-state index is 12.0. The fourth-order valence-electron chi connectivity index (χ4n) is 2.40. The lowest BCUT2D eigenvalue weighted by atomic mass is 10.2. The molecule has 1 N–H and O–H groups in total. The van der Waals surface area contributed by atoms with Crippen LogP contribution >= 0.6 is 0 Å². The summed E-state index contributed by atoms with van der Waals surface area (Å²) in [5.41, 5.74) is 1.65. The van der Waals surface area contributed by atoms with Crippen molar-refractivity contribution in [1.82, 2.24) is 4.57 Å². The molecule has 4 heteroatoms. The number of nitrogens with zero attached hydrogens (tertiary/aromatic N) is 2. The first-order chi connectivity index (χ1) is 10.1. The Hall–Kier alpha value is -2.75. The molecule has 0 aliphatic carbocycles. The minimum Gasteiger partial charge on any atom is -0.870 e. The van der Waals surface area contributed by atoms with Crippen LogP contribution in [0.4, 0.5) is 0 Å². The minimum absolute atomic E-state index is 0.0901. The number of phenolic OH excluding ortho intramolecular Hbond substituents is 1. The second kappa shape index (κ2) is 5.32. The lowest BCUT2D eigenvalue weighted by molar-refractivity contribution is -0.693. The van der Waals surface area contributed by atoms with Gasteiger partial charge in [-0.3, -0.25) is 0 Å². The van der Waals surface area contributed by atoms with Crippen molar-refractivity contribution in [1.29, 1.82) is 0 Å². The average Bonchev–Trinajstić information content (AvgIpc) is 2.84. The van der Waals surface area contributed by atoms with Crippen LogP contribution < -0.4 is 9.67 Å². The smallest absolute Gasteiger partial charge is 0.258 e. The van der Waals surface area contributed by atoms with Gasteiger partial charge in [-0.05, 0) is 11.6 Å². The Balaban J connectivity index is 1.98. The molecule has 4 nitrogen and oxygen atoms in total. The summed E-state index contributed by atoms with van der Waals surface area (Å²) >= 11 is 0. The van der Waals surface area contributed by atoms with Gasteiger partial charge in [0.25, 0.3) is 5.82 Å². The molecule has 0 amide bonds. The molecule has 0 unspecified atom stereocenters. The van der Waals surface area contributed by atoms with Crippen LogP contribution in [0.5, 0.6) is 11.5 Å². The highest BCUT2D eigenvalue weighted by Gasteiger charge is 2.15. The first kappa shape index (κ1) is 13.2. The molecule has 0 saturated carbocycles. The normalized spacial score (nSPS) is 10.7. The molecule has 0 radical (unpaired) electrons. The van der Waals surface area contributed by atoms with E-state index in [0.717, 1.165) is 12.4 Å². The number of hydrogen-bond acceptors (Lipinski definition) is 2. The van der Waals surface area contributed by atoms with Crippen LogP contribution in [0.1, 0.15) is 11.4 Å². The Labute approximate surface area is 123 Å². The van der Waals surface area contributed by atoms with Gasteiger partial charge in [0.1, 0.15) is 30.4 Å². The van der Waals surface area contributed by atoms with Crippen LogP contribution in [-0.4, -0.2) is 9.67 Å². The third kappa shape index (κ3) is 2.60. The molecule has 0 saturated heterocycles. The van der Waals surface area contributed by atoms with E-state index in [-0.39, 0.29) is 11.5 Å². The lowest BCUT2D eigenvalue weighted by Gasteiger charge is -2.11. The number of aromatic hydroxyl groups is 1. The second-order valence-electron chi connectivity index (χ2n) is 4.98. The zero-order chi connectivity index (χ0) is 14.8. The third-order valence-corrected chi connectivity index (χ3v) is 3.56. The van der Waals surface area contributed by atoms with Crippen molar-refractivity contribution in [2.45, 2.75) is 13.5 Å². The number of phenols is 1. The molecule has 0 bridgehead atoms. The molecular weight excluding hydrogens is 264 g/mol. The van der Waals surface area contributed by atoms with Crippen LogP contribution in [0, 0.1) is 6.92 Å². The largest absolute Gasteiger partial charge is 0.870 e. The maximum atomic E-state index is 12.0. The first-order valence-electron chi connectivity index (χ1n) is 6.77. The Bertz CT molecular complexity index is 764. The van der Waals surface area contributed by atoms with Crippen molar-refractivity contribution in [2.24, 2.45) is 0 Å². The van der Waals surface area contributed by atoms with Gasteiger partial charge in [-0.15, -0.1) is 0 Å². The van der Waals surface area contributed by atoms with Crippen LogP contribution in [0.25, 0.3) is 5.69 Å². The quantitative estimate of drug-likeness (QED) is 0.745. The highest BCUT2D eigenvalue weighted by molar-refractivity contribution is 5.49. The summed E-state index contributed by atoms with van der Waals surface area (Å²) in [6.45, 7) is 2.69. The highest BCUT2D eigenvalue weighted by Crippen LogP contribution is 2.24. The van der Waals surface area contributed by atoms with Gasteiger partial charge in [0.05, 0.1) is 0 Å². The number of hydrogen-bond donors (Lipinski definition) is 1. The Morgan fingerprint density at radius 2 is 1.90 bits per heavy atom. The predicted octanol–water partition coefficient (Wildman–Crippen LogP) is 1.90. The van der Waals surface area contributed by atoms with E-state index in [0.29, 0.717) is 5.69 Å². The summed E-state index contributed by atoms with van der Waals surface area (Å²) in [5, 5.41) is 21.5. The number of rotatable bonds is 3. The third-order valence-electron chi connectivity index (χ3n) is 3.56. The summed E-state index contributed by atoms with van der Waals surface area (Å²) in [5.74, 6) is 0.909. The lowest BCUT2D eigenvalue weighted by Crippen LogP contribution is -2.35. The van der Waals surface area contributed by atoms with Gasteiger partial charge in [-0.2, -0.15) is 0 Å². The first-order valence-corrected chi connectivity index (χ1v) is 6.77. The standard InChI is InChI=1S/C17H16N2O2/c1-13-18(12-14-5-3-2-4-6-14)9-10-19(13)16-11-15(20)7-8-17(16)21/h2-11H,12H2,1H3,(H-,20,21). The summed E-state index contributed by atoms with van der Waals surface area (Å²) in [6.07, 6.45) is 3.78. The molecule has 0 aliphatic heterocycles. The van der Waals surface area contributed by atoms with Crippen molar-refractivity contribution in [3.05, 3.63) is 72.3 Å². The molecule has 21 heavy (non-hydrogen) atoms. The van der Waals surface area contributed by atoms with Crippen LogP contribution in [0.15, 0.2) is 60.9 Å². The van der Waals surface area contributed by atoms with Gasteiger partial charge in [-0.25, -0.2) is 9.13 Å². The highest BCUT2D eigenvalue weighted by atomic mass is 16.3. The summed E-state index contributed by atoms with van der Waals surface area (Å²) < 4.78 is 3.86. The van der Waals surface area contributed by atoms with E-state index in [1.165, 1.54) is 23.8 Å². The topological polar surface area (TPSA) is 52.1 Å². The van der Waals surface area contributed by atoms with Gasteiger partial charge < -0.3 is 10.2 Å². The molecule has 0 atom stereocenters.